The first-order valence-electron chi connectivity index (χ1n) is 2.72. The SMILES string of the molecule is CC(=O)[O-].CC(=O)[O-].CC(=O)[O-].O.O.O.O.O.[Nd+3]. The predicted molar refractivity (Wildman–Crippen MR) is 50.1 cm³/mol. The fourth-order valence-electron chi connectivity index (χ4n) is 0. The van der Waals surface area contributed by atoms with Crippen LogP contribution in [0.15, 0.2) is 0 Å². The van der Waals surface area contributed by atoms with Gasteiger partial charge in [0.05, 0.1) is 0 Å². The van der Waals surface area contributed by atoms with Crippen molar-refractivity contribution in [3.63, 3.8) is 0 Å². The fraction of sp³-hybridized carbons (Fsp3) is 0.500. The second-order valence-corrected chi connectivity index (χ2v) is 1.47. The molecular formula is C6H19NdO11. The van der Waals surface area contributed by atoms with E-state index < -0.39 is 17.9 Å². The summed E-state index contributed by atoms with van der Waals surface area (Å²) in [5, 5.41) is 26.7. The third-order valence-electron chi connectivity index (χ3n) is 0. The van der Waals surface area contributed by atoms with Crippen LogP contribution in [0.2, 0.25) is 0 Å². The monoisotopic (exact) mass is 409 g/mol. The molecule has 0 aromatic rings. The molecule has 11 nitrogen and oxygen atoms in total. The van der Waals surface area contributed by atoms with E-state index in [-0.39, 0.29) is 68.2 Å². The number of carboxylic acid groups (broad SMARTS) is 3. The van der Waals surface area contributed by atoms with Gasteiger partial charge < -0.3 is 57.1 Å². The van der Waals surface area contributed by atoms with Crippen LogP contribution >= 0.6 is 0 Å². The van der Waals surface area contributed by atoms with E-state index in [9.17, 15) is 0 Å². The number of hydrogen-bond acceptors (Lipinski definition) is 6. The minimum absolute atomic E-state index is 0. The molecule has 0 bridgehead atoms. The van der Waals surface area contributed by atoms with E-state index in [1.807, 2.05) is 0 Å². The largest absolute Gasteiger partial charge is 3.00 e. The molecule has 0 rings (SSSR count). The Morgan fingerprint density at radius 1 is 0.556 bits per heavy atom. The Kier molecular flexibility index (Phi) is 200. The summed E-state index contributed by atoms with van der Waals surface area (Å²) in [6.07, 6.45) is 0. The Hall–Kier alpha value is -0.439. The first-order valence-corrected chi connectivity index (χ1v) is 2.72. The van der Waals surface area contributed by atoms with Gasteiger partial charge in [0, 0.05) is 17.9 Å². The number of carbonyl (C=O) groups is 3. The molecule has 1 radical (unpaired) electrons. The van der Waals surface area contributed by atoms with Gasteiger partial charge in [-0.25, -0.2) is 0 Å². The normalized spacial score (nSPS) is 4.17. The molecule has 0 aliphatic rings. The molecule has 0 aliphatic carbocycles. The van der Waals surface area contributed by atoms with E-state index in [4.69, 9.17) is 29.7 Å². The topological polar surface area (TPSA) is 278 Å². The van der Waals surface area contributed by atoms with Gasteiger partial charge in [-0.1, -0.05) is 0 Å². The van der Waals surface area contributed by atoms with Gasteiger partial charge >= 0.3 is 40.8 Å². The van der Waals surface area contributed by atoms with E-state index in [0.29, 0.717) is 0 Å². The molecule has 0 aromatic heterocycles. The Bertz CT molecular complexity index is 119. The predicted octanol–water partition coefficient (Wildman–Crippen LogP) is -7.85. The molecule has 0 aromatic carbocycles. The van der Waals surface area contributed by atoms with Crippen LogP contribution in [-0.2, 0) is 14.4 Å². The maximum Gasteiger partial charge on any atom is 3.00 e. The molecule has 0 atom stereocenters. The summed E-state index contributed by atoms with van der Waals surface area (Å²) in [6.45, 7) is 2.92. The maximum atomic E-state index is 8.89. The van der Waals surface area contributed by atoms with Crippen molar-refractivity contribution in [1.29, 1.82) is 0 Å². The molecule has 18 heavy (non-hydrogen) atoms. The molecule has 0 aliphatic heterocycles. The minimum Gasteiger partial charge on any atom is -0.550 e. The standard InChI is InChI=1S/3C2H4O2.Nd.5H2O/c3*1-2(3)4;;;;;;/h3*1H3,(H,3,4);;5*1H2/q;;;+3;;;;;/p-3. The van der Waals surface area contributed by atoms with Crippen LogP contribution in [0.25, 0.3) is 0 Å². The Labute approximate surface area is 136 Å². The van der Waals surface area contributed by atoms with Gasteiger partial charge in [0.25, 0.3) is 0 Å². The zero-order chi connectivity index (χ0) is 10.7. The number of aliphatic carboxylic acids is 3. The molecule has 12 heteroatoms. The summed E-state index contributed by atoms with van der Waals surface area (Å²) in [5.74, 6) is -3.25. The van der Waals surface area contributed by atoms with Crippen LogP contribution in [0.5, 0.6) is 0 Å². The van der Waals surface area contributed by atoms with Gasteiger partial charge in [-0.15, -0.1) is 0 Å². The van der Waals surface area contributed by atoms with Gasteiger partial charge in [-0.3, -0.25) is 0 Å². The van der Waals surface area contributed by atoms with Gasteiger partial charge in [0.1, 0.15) is 0 Å². The summed E-state index contributed by atoms with van der Waals surface area (Å²) < 4.78 is 0. The molecule has 113 valence electrons. The molecule has 0 amide bonds. The van der Waals surface area contributed by atoms with Crippen molar-refractivity contribution in [1.82, 2.24) is 0 Å². The van der Waals surface area contributed by atoms with Crippen LogP contribution in [0, 0.1) is 40.8 Å². The van der Waals surface area contributed by atoms with Crippen molar-refractivity contribution < 1.29 is 97.9 Å². The average Bonchev–Trinajstić information content (AvgIpc) is 1.54. The average molecular weight is 411 g/mol. The zero-order valence-electron chi connectivity index (χ0n) is 9.95. The minimum atomic E-state index is -1.08. The molecule has 0 saturated carbocycles. The molecule has 0 heterocycles. The number of rotatable bonds is 0. The maximum absolute atomic E-state index is 8.89. The zero-order valence-corrected chi connectivity index (χ0v) is 13.2. The third kappa shape index (κ3) is 17100. The molecule has 0 unspecified atom stereocenters. The molecule has 0 spiro atoms. The number of carboxylic acids is 3. The van der Waals surface area contributed by atoms with Crippen molar-refractivity contribution in [2.75, 3.05) is 0 Å². The fourth-order valence-corrected chi connectivity index (χ4v) is 0. The quantitative estimate of drug-likeness (QED) is 0.372. The number of hydrogen-bond donors (Lipinski definition) is 0. The van der Waals surface area contributed by atoms with E-state index >= 15 is 0 Å². The van der Waals surface area contributed by atoms with E-state index in [1.165, 1.54) is 0 Å². The van der Waals surface area contributed by atoms with Crippen molar-refractivity contribution in [3.8, 4) is 0 Å². The Morgan fingerprint density at radius 3 is 0.556 bits per heavy atom. The smallest absolute Gasteiger partial charge is 0.550 e. The van der Waals surface area contributed by atoms with E-state index in [0.717, 1.165) is 20.8 Å². The van der Waals surface area contributed by atoms with Crippen LogP contribution in [0.1, 0.15) is 20.8 Å². The first kappa shape index (κ1) is 65.7. The van der Waals surface area contributed by atoms with E-state index in [2.05, 4.69) is 0 Å². The van der Waals surface area contributed by atoms with Crippen LogP contribution in [0.4, 0.5) is 0 Å². The summed E-state index contributed by atoms with van der Waals surface area (Å²) in [4.78, 5) is 26.7. The van der Waals surface area contributed by atoms with Crippen LogP contribution < -0.4 is 15.3 Å². The molecular weight excluding hydrogens is 392 g/mol. The van der Waals surface area contributed by atoms with Crippen molar-refractivity contribution in [3.05, 3.63) is 0 Å². The van der Waals surface area contributed by atoms with E-state index in [1.54, 1.807) is 0 Å². The second-order valence-electron chi connectivity index (χ2n) is 1.47. The van der Waals surface area contributed by atoms with Gasteiger partial charge in [0.2, 0.25) is 0 Å². The Morgan fingerprint density at radius 2 is 0.556 bits per heavy atom. The summed E-state index contributed by atoms with van der Waals surface area (Å²) in [5.41, 5.74) is 0. The second kappa shape index (κ2) is 54.7. The van der Waals surface area contributed by atoms with Crippen molar-refractivity contribution >= 4 is 17.9 Å². The van der Waals surface area contributed by atoms with Gasteiger partial charge in [-0.2, -0.15) is 0 Å². The van der Waals surface area contributed by atoms with Gasteiger partial charge in [0.15, 0.2) is 0 Å². The molecule has 0 fully saturated rings. The van der Waals surface area contributed by atoms with Crippen molar-refractivity contribution in [2.45, 2.75) is 20.8 Å². The van der Waals surface area contributed by atoms with Gasteiger partial charge in [-0.05, 0) is 20.8 Å². The molecule has 10 N–H and O–H groups in total. The summed E-state index contributed by atoms with van der Waals surface area (Å²) >= 11 is 0. The van der Waals surface area contributed by atoms with Crippen LogP contribution in [-0.4, -0.2) is 45.3 Å². The first-order chi connectivity index (χ1) is 5.20. The van der Waals surface area contributed by atoms with Crippen LogP contribution in [0.3, 0.4) is 0 Å². The summed E-state index contributed by atoms with van der Waals surface area (Å²) in [7, 11) is 0. The third-order valence-corrected chi connectivity index (χ3v) is 0. The summed E-state index contributed by atoms with van der Waals surface area (Å²) in [6, 6.07) is 0. The Balaban J connectivity index is -0.00000000827. The molecule has 0 saturated heterocycles. The van der Waals surface area contributed by atoms with Crippen molar-refractivity contribution in [2.24, 2.45) is 0 Å². The number of carbonyl (C=O) groups excluding carboxylic acids is 3.